The van der Waals surface area contributed by atoms with Crippen LogP contribution >= 0.6 is 11.8 Å². The van der Waals surface area contributed by atoms with E-state index < -0.39 is 0 Å². The van der Waals surface area contributed by atoms with Crippen LogP contribution in [-0.4, -0.2) is 60.1 Å². The average molecular weight is 214 g/mol. The van der Waals surface area contributed by atoms with E-state index in [4.69, 9.17) is 0 Å². The maximum absolute atomic E-state index is 2.71. The molecule has 82 valence electrons. The van der Waals surface area contributed by atoms with Crippen LogP contribution in [0.15, 0.2) is 0 Å². The summed E-state index contributed by atoms with van der Waals surface area (Å²) in [5.41, 5.74) is 0. The van der Waals surface area contributed by atoms with Gasteiger partial charge in [0.05, 0.1) is 0 Å². The largest absolute Gasteiger partial charge is 0.304 e. The predicted molar refractivity (Wildman–Crippen MR) is 64.0 cm³/mol. The molecular formula is C11H22N2S. The van der Waals surface area contributed by atoms with Crippen LogP contribution in [0.1, 0.15) is 19.8 Å². The van der Waals surface area contributed by atoms with Crippen molar-refractivity contribution in [2.45, 2.75) is 31.1 Å². The van der Waals surface area contributed by atoms with Gasteiger partial charge in [-0.15, -0.1) is 0 Å². The minimum atomic E-state index is 0.880. The van der Waals surface area contributed by atoms with Crippen LogP contribution in [0.4, 0.5) is 0 Å². The van der Waals surface area contributed by atoms with Crippen LogP contribution in [0.3, 0.4) is 0 Å². The third-order valence-electron chi connectivity index (χ3n) is 3.53. The van der Waals surface area contributed by atoms with Crippen molar-refractivity contribution in [3.63, 3.8) is 0 Å². The second-order valence-corrected chi connectivity index (χ2v) is 6.19. The summed E-state index contributed by atoms with van der Waals surface area (Å²) in [4.78, 5) is 5.15. The highest BCUT2D eigenvalue weighted by Gasteiger charge is 2.26. The topological polar surface area (TPSA) is 6.48 Å². The first-order chi connectivity index (χ1) is 6.75. The van der Waals surface area contributed by atoms with Gasteiger partial charge in [-0.25, -0.2) is 0 Å². The summed E-state index contributed by atoms with van der Waals surface area (Å²) in [6, 6.07) is 0.880. The molecule has 2 heterocycles. The van der Waals surface area contributed by atoms with Crippen molar-refractivity contribution in [2.24, 2.45) is 0 Å². The minimum Gasteiger partial charge on any atom is -0.304 e. The highest BCUT2D eigenvalue weighted by atomic mass is 32.2. The lowest BCUT2D eigenvalue weighted by Crippen LogP contribution is -2.50. The molecule has 2 nitrogen and oxygen atoms in total. The van der Waals surface area contributed by atoms with E-state index in [1.807, 2.05) is 0 Å². The Balaban J connectivity index is 1.78. The minimum absolute atomic E-state index is 0.880. The quantitative estimate of drug-likeness (QED) is 0.653. The van der Waals surface area contributed by atoms with Gasteiger partial charge in [0.15, 0.2) is 0 Å². The smallest absolute Gasteiger partial charge is 0.0187 e. The van der Waals surface area contributed by atoms with Gasteiger partial charge >= 0.3 is 0 Å². The zero-order valence-corrected chi connectivity index (χ0v) is 10.2. The molecule has 2 rings (SSSR count). The van der Waals surface area contributed by atoms with Crippen molar-refractivity contribution in [3.05, 3.63) is 0 Å². The highest BCUT2D eigenvalue weighted by molar-refractivity contribution is 7.99. The SMILES string of the molecule is CC1CCC(N2CCN(C)CC2)CS1. The maximum Gasteiger partial charge on any atom is 0.0187 e. The second-order valence-electron chi connectivity index (χ2n) is 4.71. The van der Waals surface area contributed by atoms with Gasteiger partial charge in [0.25, 0.3) is 0 Å². The number of likely N-dealkylation sites (N-methyl/N-ethyl adjacent to an activating group) is 1. The molecule has 0 radical (unpaired) electrons. The number of hydrogen-bond acceptors (Lipinski definition) is 3. The molecule has 0 aromatic rings. The molecule has 2 aliphatic heterocycles. The van der Waals surface area contributed by atoms with E-state index in [0.717, 1.165) is 11.3 Å². The Kier molecular flexibility index (Phi) is 3.74. The first-order valence-electron chi connectivity index (χ1n) is 5.80. The second kappa shape index (κ2) is 4.86. The fraction of sp³-hybridized carbons (Fsp3) is 1.00. The van der Waals surface area contributed by atoms with Crippen molar-refractivity contribution < 1.29 is 0 Å². The molecule has 2 atom stereocenters. The molecule has 2 saturated heterocycles. The predicted octanol–water partition coefficient (Wildman–Crippen LogP) is 1.52. The van der Waals surface area contributed by atoms with E-state index in [-0.39, 0.29) is 0 Å². The molecule has 0 aromatic heterocycles. The zero-order chi connectivity index (χ0) is 9.97. The molecule has 0 bridgehead atoms. The van der Waals surface area contributed by atoms with Crippen molar-refractivity contribution in [2.75, 3.05) is 39.0 Å². The lowest BCUT2D eigenvalue weighted by molar-refractivity contribution is 0.114. The van der Waals surface area contributed by atoms with Gasteiger partial charge in [-0.1, -0.05) is 6.92 Å². The number of thioether (sulfide) groups is 1. The Morgan fingerprint density at radius 3 is 2.36 bits per heavy atom. The zero-order valence-electron chi connectivity index (χ0n) is 9.41. The molecule has 3 heteroatoms. The van der Waals surface area contributed by atoms with Gasteiger partial charge in [-0.3, -0.25) is 4.90 Å². The third-order valence-corrected chi connectivity index (χ3v) is 4.92. The van der Waals surface area contributed by atoms with Crippen molar-refractivity contribution in [3.8, 4) is 0 Å². The number of piperazine rings is 1. The summed E-state index contributed by atoms with van der Waals surface area (Å²) in [7, 11) is 2.23. The molecule has 0 aromatic carbocycles. The molecule has 0 saturated carbocycles. The van der Waals surface area contributed by atoms with Gasteiger partial charge < -0.3 is 4.90 Å². The van der Waals surface area contributed by atoms with E-state index in [1.165, 1.54) is 44.8 Å². The highest BCUT2D eigenvalue weighted by Crippen LogP contribution is 2.28. The van der Waals surface area contributed by atoms with Gasteiger partial charge in [0, 0.05) is 43.2 Å². The number of nitrogens with zero attached hydrogens (tertiary/aromatic N) is 2. The molecule has 0 spiro atoms. The fourth-order valence-electron chi connectivity index (χ4n) is 2.34. The molecular weight excluding hydrogens is 192 g/mol. The normalized spacial score (nSPS) is 37.3. The van der Waals surface area contributed by atoms with Gasteiger partial charge in [-0.2, -0.15) is 11.8 Å². The molecule has 0 aliphatic carbocycles. The van der Waals surface area contributed by atoms with Crippen LogP contribution in [0.25, 0.3) is 0 Å². The summed E-state index contributed by atoms with van der Waals surface area (Å²) in [5, 5.41) is 0.902. The molecule has 14 heavy (non-hydrogen) atoms. The Morgan fingerprint density at radius 1 is 1.07 bits per heavy atom. The molecule has 2 aliphatic rings. The summed E-state index contributed by atoms with van der Waals surface area (Å²) in [5.74, 6) is 1.37. The van der Waals surface area contributed by atoms with Crippen molar-refractivity contribution in [1.29, 1.82) is 0 Å². The average Bonchev–Trinajstić information content (AvgIpc) is 2.21. The Bertz CT molecular complexity index is 150. The number of rotatable bonds is 1. The van der Waals surface area contributed by atoms with Crippen LogP contribution < -0.4 is 0 Å². The summed E-state index contributed by atoms with van der Waals surface area (Å²) >= 11 is 2.17. The molecule has 0 amide bonds. The monoisotopic (exact) mass is 214 g/mol. The first-order valence-corrected chi connectivity index (χ1v) is 6.85. The van der Waals surface area contributed by atoms with Crippen molar-refractivity contribution in [1.82, 2.24) is 9.80 Å². The van der Waals surface area contributed by atoms with Crippen LogP contribution in [-0.2, 0) is 0 Å². The number of hydrogen-bond donors (Lipinski definition) is 0. The van der Waals surface area contributed by atoms with E-state index in [1.54, 1.807) is 0 Å². The van der Waals surface area contributed by atoms with E-state index in [2.05, 4.69) is 35.5 Å². The lowest BCUT2D eigenvalue weighted by atomic mass is 10.1. The summed E-state index contributed by atoms with van der Waals surface area (Å²) < 4.78 is 0. The molecule has 0 N–H and O–H groups in total. The van der Waals surface area contributed by atoms with Gasteiger partial charge in [0.2, 0.25) is 0 Å². The van der Waals surface area contributed by atoms with Crippen LogP contribution in [0.5, 0.6) is 0 Å². The standard InChI is InChI=1S/C11H22N2S/c1-10-3-4-11(9-14-10)13-7-5-12(2)6-8-13/h10-11H,3-9H2,1-2H3. The van der Waals surface area contributed by atoms with Crippen LogP contribution in [0.2, 0.25) is 0 Å². The lowest BCUT2D eigenvalue weighted by Gasteiger charge is -2.40. The molecule has 2 fully saturated rings. The van der Waals surface area contributed by atoms with Crippen LogP contribution in [0, 0.1) is 0 Å². The summed E-state index contributed by atoms with van der Waals surface area (Å²) in [6.45, 7) is 7.46. The molecule has 2 unspecified atom stereocenters. The van der Waals surface area contributed by atoms with Gasteiger partial charge in [-0.05, 0) is 19.9 Å². The Morgan fingerprint density at radius 2 is 1.79 bits per heavy atom. The van der Waals surface area contributed by atoms with E-state index >= 15 is 0 Å². The Hall–Kier alpha value is 0.270. The first kappa shape index (κ1) is 10.8. The maximum atomic E-state index is 2.71. The summed E-state index contributed by atoms with van der Waals surface area (Å²) in [6.07, 6.45) is 2.85. The Labute approximate surface area is 92.0 Å². The van der Waals surface area contributed by atoms with E-state index in [9.17, 15) is 0 Å². The van der Waals surface area contributed by atoms with Crippen molar-refractivity contribution >= 4 is 11.8 Å². The third kappa shape index (κ3) is 2.65. The van der Waals surface area contributed by atoms with E-state index in [0.29, 0.717) is 0 Å². The van der Waals surface area contributed by atoms with Gasteiger partial charge in [0.1, 0.15) is 0 Å². The fourth-order valence-corrected chi connectivity index (χ4v) is 3.58.